The molecule has 2 nitrogen and oxygen atoms in total. The van der Waals surface area contributed by atoms with Gasteiger partial charge in [-0.2, -0.15) is 0 Å². The van der Waals surface area contributed by atoms with E-state index < -0.39 is 0 Å². The molecule has 1 unspecified atom stereocenters. The topological polar surface area (TPSA) is 25.4 Å². The molecule has 0 bridgehead atoms. The maximum Gasteiger partial charge on any atom is 0.130 e. The number of ether oxygens (including phenoxy) is 1. The molecule has 0 saturated carbocycles. The summed E-state index contributed by atoms with van der Waals surface area (Å²) in [5.41, 5.74) is 0.948. The first-order valence-electron chi connectivity index (χ1n) is 3.58. The van der Waals surface area contributed by atoms with Crippen LogP contribution in [0.1, 0.15) is 12.5 Å². The Morgan fingerprint density at radius 3 is 2.83 bits per heavy atom. The van der Waals surface area contributed by atoms with Crippen LogP contribution in [0.3, 0.4) is 0 Å². The fourth-order valence-corrected chi connectivity index (χ4v) is 1.79. The number of hydrogen-bond donors (Lipinski definition) is 0. The zero-order valence-corrected chi connectivity index (χ0v) is 8.82. The van der Waals surface area contributed by atoms with Gasteiger partial charge in [-0.1, -0.05) is 11.6 Å². The number of halogens is 2. The van der Waals surface area contributed by atoms with E-state index in [1.807, 2.05) is 19.1 Å². The minimum atomic E-state index is -0.130. The minimum absolute atomic E-state index is 0.130. The molecular formula is C8H7BrClNO. The van der Waals surface area contributed by atoms with Crippen LogP contribution in [0.15, 0.2) is 16.7 Å². The Morgan fingerprint density at radius 1 is 1.67 bits per heavy atom. The molecule has 2 rings (SSSR count). The molecular weight excluding hydrogens is 241 g/mol. The second kappa shape index (κ2) is 2.69. The van der Waals surface area contributed by atoms with Crippen molar-refractivity contribution in [3.05, 3.63) is 27.5 Å². The van der Waals surface area contributed by atoms with Crippen molar-refractivity contribution < 1.29 is 4.74 Å². The Morgan fingerprint density at radius 2 is 2.33 bits per heavy atom. The van der Waals surface area contributed by atoms with Gasteiger partial charge in [0.2, 0.25) is 0 Å². The summed E-state index contributed by atoms with van der Waals surface area (Å²) >= 11 is 9.07. The van der Waals surface area contributed by atoms with Gasteiger partial charge in [0.25, 0.3) is 0 Å². The van der Waals surface area contributed by atoms with E-state index in [4.69, 9.17) is 16.3 Å². The maximum atomic E-state index is 5.79. The van der Waals surface area contributed by atoms with Crippen molar-refractivity contribution in [1.29, 1.82) is 0 Å². The number of aromatic nitrogens is 1. The van der Waals surface area contributed by atoms with Crippen molar-refractivity contribution in [2.24, 2.45) is 0 Å². The molecule has 0 radical (unpaired) electrons. The van der Waals surface area contributed by atoms with Crippen molar-refractivity contribution in [2.45, 2.75) is 12.5 Å². The second-order valence-corrected chi connectivity index (χ2v) is 4.22. The minimum Gasteiger partial charge on any atom is -0.365 e. The smallest absolute Gasteiger partial charge is 0.130 e. The first kappa shape index (κ1) is 8.48. The van der Waals surface area contributed by atoms with Gasteiger partial charge >= 0.3 is 0 Å². The fraction of sp³-hybridized carbons (Fsp3) is 0.375. The molecule has 2 heterocycles. The maximum absolute atomic E-state index is 5.79. The molecule has 1 aromatic heterocycles. The summed E-state index contributed by atoms with van der Waals surface area (Å²) in [6.45, 7) is 2.80. The van der Waals surface area contributed by atoms with E-state index in [1.165, 1.54) is 0 Å². The van der Waals surface area contributed by atoms with Crippen molar-refractivity contribution in [3.8, 4) is 0 Å². The van der Waals surface area contributed by atoms with Gasteiger partial charge in [-0.05, 0) is 40.5 Å². The van der Waals surface area contributed by atoms with Crippen LogP contribution >= 0.6 is 27.5 Å². The highest BCUT2D eigenvalue weighted by molar-refractivity contribution is 9.10. The quantitative estimate of drug-likeness (QED) is 0.564. The van der Waals surface area contributed by atoms with E-state index in [2.05, 4.69) is 20.9 Å². The highest BCUT2D eigenvalue weighted by atomic mass is 79.9. The van der Waals surface area contributed by atoms with Gasteiger partial charge in [-0.15, -0.1) is 0 Å². The Balaban J connectivity index is 2.44. The van der Waals surface area contributed by atoms with Crippen molar-refractivity contribution in [2.75, 3.05) is 6.61 Å². The molecule has 0 aromatic carbocycles. The van der Waals surface area contributed by atoms with Crippen molar-refractivity contribution in [1.82, 2.24) is 4.98 Å². The second-order valence-electron chi connectivity index (χ2n) is 3.02. The molecule has 0 aliphatic carbocycles. The highest BCUT2D eigenvalue weighted by Crippen LogP contribution is 2.39. The van der Waals surface area contributed by atoms with Crippen molar-refractivity contribution in [3.63, 3.8) is 0 Å². The lowest BCUT2D eigenvalue weighted by atomic mass is 10.0. The molecule has 0 N–H and O–H groups in total. The largest absolute Gasteiger partial charge is 0.365 e. The third-order valence-corrected chi connectivity index (χ3v) is 2.55. The van der Waals surface area contributed by atoms with Gasteiger partial charge in [-0.25, -0.2) is 4.98 Å². The Labute approximate surface area is 84.0 Å². The van der Waals surface area contributed by atoms with E-state index in [1.54, 1.807) is 0 Å². The summed E-state index contributed by atoms with van der Waals surface area (Å²) in [4.78, 5) is 4.00. The van der Waals surface area contributed by atoms with E-state index >= 15 is 0 Å². The molecule has 1 aromatic rings. The van der Waals surface area contributed by atoms with Gasteiger partial charge in [0.1, 0.15) is 15.4 Å². The number of epoxide rings is 1. The summed E-state index contributed by atoms with van der Waals surface area (Å²) in [7, 11) is 0. The first-order chi connectivity index (χ1) is 5.60. The Hall–Kier alpha value is -0.120. The van der Waals surface area contributed by atoms with Crippen LogP contribution in [0, 0.1) is 0 Å². The first-order valence-corrected chi connectivity index (χ1v) is 4.75. The predicted molar refractivity (Wildman–Crippen MR) is 50.3 cm³/mol. The summed E-state index contributed by atoms with van der Waals surface area (Å²) in [6, 6.07) is 3.76. The van der Waals surface area contributed by atoms with E-state index in [9.17, 15) is 0 Å². The molecule has 1 fully saturated rings. The zero-order valence-electron chi connectivity index (χ0n) is 6.47. The van der Waals surface area contributed by atoms with Crippen molar-refractivity contribution >= 4 is 27.5 Å². The Kier molecular flexibility index (Phi) is 1.90. The van der Waals surface area contributed by atoms with Crippen LogP contribution in [-0.4, -0.2) is 11.6 Å². The molecule has 0 amide bonds. The molecule has 0 spiro atoms. The summed E-state index contributed by atoms with van der Waals surface area (Å²) in [5, 5.41) is 0.496. The van der Waals surface area contributed by atoms with Crippen LogP contribution < -0.4 is 0 Å². The zero-order chi connectivity index (χ0) is 8.77. The van der Waals surface area contributed by atoms with Gasteiger partial charge in [0.15, 0.2) is 0 Å². The third kappa shape index (κ3) is 1.49. The third-order valence-electron chi connectivity index (χ3n) is 1.95. The molecule has 1 atom stereocenters. The normalized spacial score (nSPS) is 27.2. The molecule has 1 saturated heterocycles. The summed E-state index contributed by atoms with van der Waals surface area (Å²) in [6.07, 6.45) is 0. The van der Waals surface area contributed by atoms with E-state index in [0.717, 1.165) is 16.8 Å². The van der Waals surface area contributed by atoms with Crippen LogP contribution in [0.4, 0.5) is 0 Å². The van der Waals surface area contributed by atoms with Gasteiger partial charge in [0.05, 0.1) is 6.61 Å². The van der Waals surface area contributed by atoms with Crippen LogP contribution in [-0.2, 0) is 10.3 Å². The lowest BCUT2D eigenvalue weighted by molar-refractivity contribution is 0.329. The number of pyridine rings is 1. The molecule has 1 aliphatic rings. The lowest BCUT2D eigenvalue weighted by Crippen LogP contribution is -2.02. The molecule has 64 valence electrons. The van der Waals surface area contributed by atoms with E-state index in [0.29, 0.717) is 5.15 Å². The Bertz CT molecular complexity index is 305. The van der Waals surface area contributed by atoms with E-state index in [-0.39, 0.29) is 5.60 Å². The van der Waals surface area contributed by atoms with Gasteiger partial charge in [0, 0.05) is 0 Å². The molecule has 12 heavy (non-hydrogen) atoms. The predicted octanol–water partition coefficient (Wildman–Crippen LogP) is 2.74. The monoisotopic (exact) mass is 247 g/mol. The van der Waals surface area contributed by atoms with Crippen LogP contribution in [0.5, 0.6) is 0 Å². The number of hydrogen-bond acceptors (Lipinski definition) is 2. The lowest BCUT2D eigenvalue weighted by Gasteiger charge is -2.05. The summed E-state index contributed by atoms with van der Waals surface area (Å²) in [5.74, 6) is 0. The number of nitrogens with zero attached hydrogens (tertiary/aromatic N) is 1. The van der Waals surface area contributed by atoms with Crippen LogP contribution in [0.25, 0.3) is 0 Å². The molecule has 1 aliphatic heterocycles. The fourth-order valence-electron chi connectivity index (χ4n) is 1.05. The number of rotatable bonds is 1. The standard InChI is InChI=1S/C8H7BrClNO/c1-8(4-12-8)5-2-6(9)11-7(10)3-5/h2-3H,4H2,1H3. The van der Waals surface area contributed by atoms with Gasteiger partial charge in [-0.3, -0.25) is 0 Å². The average molecular weight is 249 g/mol. The average Bonchev–Trinajstić information content (AvgIpc) is 2.67. The highest BCUT2D eigenvalue weighted by Gasteiger charge is 2.41. The molecule has 4 heteroatoms. The SMILES string of the molecule is CC1(c2cc(Cl)nc(Br)c2)CO1. The van der Waals surface area contributed by atoms with Gasteiger partial charge < -0.3 is 4.74 Å². The summed E-state index contributed by atoms with van der Waals surface area (Å²) < 4.78 is 6.04. The van der Waals surface area contributed by atoms with Crippen LogP contribution in [0.2, 0.25) is 5.15 Å².